The molecule has 0 saturated heterocycles. The van der Waals surface area contributed by atoms with E-state index in [2.05, 4.69) is 0 Å². The Morgan fingerprint density at radius 2 is 1.84 bits per heavy atom. The van der Waals surface area contributed by atoms with E-state index in [4.69, 9.17) is 21.3 Å². The molecule has 0 aromatic heterocycles. The molecule has 0 bridgehead atoms. The van der Waals surface area contributed by atoms with Crippen molar-refractivity contribution in [1.29, 1.82) is 0 Å². The fourth-order valence-electron chi connectivity index (χ4n) is 1.67. The van der Waals surface area contributed by atoms with E-state index in [0.29, 0.717) is 6.54 Å². The van der Waals surface area contributed by atoms with Gasteiger partial charge in [-0.3, -0.25) is 4.79 Å². The zero-order chi connectivity index (χ0) is 14.4. The van der Waals surface area contributed by atoms with Gasteiger partial charge in [0.25, 0.3) is 0 Å². The Hall–Kier alpha value is -1.26. The summed E-state index contributed by atoms with van der Waals surface area (Å²) in [5, 5.41) is 0. The lowest BCUT2D eigenvalue weighted by Gasteiger charge is -2.25. The van der Waals surface area contributed by atoms with Gasteiger partial charge in [-0.1, -0.05) is 19.1 Å². The minimum absolute atomic E-state index is 0.115. The Labute approximate surface area is 119 Å². The normalized spacial score (nSPS) is 14.0. The first-order valence-electron chi connectivity index (χ1n) is 6.12. The van der Waals surface area contributed by atoms with Crippen molar-refractivity contribution in [3.63, 3.8) is 0 Å². The monoisotopic (exact) mass is 285 g/mol. The molecule has 4 nitrogen and oxygen atoms in total. The fraction of sp³-hybridized carbons (Fsp3) is 0.500. The molecule has 5 heteroatoms. The lowest BCUT2D eigenvalue weighted by Crippen LogP contribution is -2.35. The van der Waals surface area contributed by atoms with Gasteiger partial charge in [-0.25, -0.2) is 4.42 Å². The molecule has 0 heterocycles. The van der Waals surface area contributed by atoms with Crippen molar-refractivity contribution in [1.82, 2.24) is 4.42 Å². The molecular formula is C14H20ClNO3. The molecule has 19 heavy (non-hydrogen) atoms. The van der Waals surface area contributed by atoms with E-state index in [1.807, 2.05) is 31.2 Å². The number of carbonyl (C=O) groups is 1. The van der Waals surface area contributed by atoms with Crippen molar-refractivity contribution in [2.24, 2.45) is 5.92 Å². The van der Waals surface area contributed by atoms with Crippen LogP contribution in [0.15, 0.2) is 24.3 Å². The number of ether oxygens (including phenoxy) is 2. The van der Waals surface area contributed by atoms with Crippen molar-refractivity contribution in [2.45, 2.75) is 26.4 Å². The van der Waals surface area contributed by atoms with Crippen molar-refractivity contribution in [2.75, 3.05) is 14.2 Å². The first kappa shape index (κ1) is 15.8. The maximum Gasteiger partial charge on any atom is 0.310 e. The Balaban J connectivity index is 2.62. The van der Waals surface area contributed by atoms with Crippen molar-refractivity contribution in [3.05, 3.63) is 29.8 Å². The summed E-state index contributed by atoms with van der Waals surface area (Å²) in [5.41, 5.74) is 1.06. The third kappa shape index (κ3) is 4.40. The summed E-state index contributed by atoms with van der Waals surface area (Å²) in [7, 11) is 3.01. The van der Waals surface area contributed by atoms with Crippen LogP contribution < -0.4 is 4.74 Å². The van der Waals surface area contributed by atoms with Crippen LogP contribution in [0, 0.1) is 5.92 Å². The van der Waals surface area contributed by atoms with Gasteiger partial charge >= 0.3 is 5.97 Å². The van der Waals surface area contributed by atoms with Crippen molar-refractivity contribution >= 4 is 17.7 Å². The zero-order valence-electron chi connectivity index (χ0n) is 11.7. The number of benzene rings is 1. The third-order valence-electron chi connectivity index (χ3n) is 3.23. The summed E-state index contributed by atoms with van der Waals surface area (Å²) in [6.07, 6.45) is 0. The number of nitrogens with zero attached hydrogens (tertiary/aromatic N) is 1. The molecule has 1 rings (SSSR count). The van der Waals surface area contributed by atoms with Crippen LogP contribution in [-0.4, -0.2) is 30.6 Å². The van der Waals surface area contributed by atoms with E-state index in [0.717, 1.165) is 11.3 Å². The Morgan fingerprint density at radius 1 is 1.26 bits per heavy atom. The van der Waals surface area contributed by atoms with Gasteiger partial charge in [0, 0.05) is 12.6 Å². The lowest BCUT2D eigenvalue weighted by molar-refractivity contribution is -0.146. The van der Waals surface area contributed by atoms with Crippen LogP contribution in [-0.2, 0) is 16.1 Å². The molecule has 0 aliphatic rings. The van der Waals surface area contributed by atoms with E-state index in [9.17, 15) is 4.79 Å². The lowest BCUT2D eigenvalue weighted by atomic mass is 10.0. The number of methoxy groups -OCH3 is 2. The van der Waals surface area contributed by atoms with Gasteiger partial charge in [-0.2, -0.15) is 0 Å². The highest BCUT2D eigenvalue weighted by Crippen LogP contribution is 2.19. The molecule has 2 atom stereocenters. The summed E-state index contributed by atoms with van der Waals surface area (Å²) in [5.74, 6) is 0.273. The van der Waals surface area contributed by atoms with Gasteiger partial charge in [0.2, 0.25) is 0 Å². The second kappa shape index (κ2) is 7.36. The maximum atomic E-state index is 11.5. The summed E-state index contributed by atoms with van der Waals surface area (Å²) < 4.78 is 11.4. The highest BCUT2D eigenvalue weighted by Gasteiger charge is 2.25. The topological polar surface area (TPSA) is 38.8 Å². The van der Waals surface area contributed by atoms with E-state index in [1.54, 1.807) is 18.5 Å². The number of hydrogen-bond donors (Lipinski definition) is 0. The van der Waals surface area contributed by atoms with Gasteiger partial charge in [0.15, 0.2) is 0 Å². The molecule has 1 aromatic rings. The van der Waals surface area contributed by atoms with Crippen LogP contribution in [0.3, 0.4) is 0 Å². The van der Waals surface area contributed by atoms with Crippen LogP contribution in [0.25, 0.3) is 0 Å². The van der Waals surface area contributed by atoms with Crippen LogP contribution >= 0.6 is 11.8 Å². The largest absolute Gasteiger partial charge is 0.497 e. The van der Waals surface area contributed by atoms with Crippen molar-refractivity contribution < 1.29 is 14.3 Å². The predicted octanol–water partition coefficient (Wildman–Crippen LogP) is 2.85. The van der Waals surface area contributed by atoms with Crippen LogP contribution in [0.1, 0.15) is 19.4 Å². The number of rotatable bonds is 6. The standard InChI is InChI=1S/C14H20ClNO3/c1-10(14(17)19-4)11(2)16(15)9-12-5-7-13(18-3)8-6-12/h5-8,10-11H,9H2,1-4H3. The van der Waals surface area contributed by atoms with Gasteiger partial charge in [0.05, 0.1) is 20.1 Å². The van der Waals surface area contributed by atoms with E-state index in [-0.39, 0.29) is 17.9 Å². The Bertz CT molecular complexity index is 408. The molecule has 106 valence electrons. The summed E-state index contributed by atoms with van der Waals surface area (Å²) in [6.45, 7) is 4.26. The van der Waals surface area contributed by atoms with E-state index in [1.165, 1.54) is 7.11 Å². The molecule has 0 N–H and O–H groups in total. The third-order valence-corrected chi connectivity index (χ3v) is 3.66. The maximum absolute atomic E-state index is 11.5. The highest BCUT2D eigenvalue weighted by molar-refractivity contribution is 6.13. The minimum Gasteiger partial charge on any atom is -0.497 e. The first-order chi connectivity index (χ1) is 8.99. The number of hydrogen-bond acceptors (Lipinski definition) is 4. The highest BCUT2D eigenvalue weighted by atomic mass is 35.5. The van der Waals surface area contributed by atoms with E-state index < -0.39 is 0 Å². The predicted molar refractivity (Wildman–Crippen MR) is 75.0 cm³/mol. The number of carbonyl (C=O) groups excluding carboxylic acids is 1. The van der Waals surface area contributed by atoms with Gasteiger partial charge in [-0.15, -0.1) is 0 Å². The smallest absolute Gasteiger partial charge is 0.310 e. The molecule has 1 aromatic carbocycles. The minimum atomic E-state index is -0.277. The summed E-state index contributed by atoms with van der Waals surface area (Å²) >= 11 is 6.23. The van der Waals surface area contributed by atoms with Gasteiger partial charge in [-0.05, 0) is 36.4 Å². The molecule has 0 aliphatic carbocycles. The van der Waals surface area contributed by atoms with Gasteiger partial charge in [0.1, 0.15) is 5.75 Å². The van der Waals surface area contributed by atoms with E-state index >= 15 is 0 Å². The quantitative estimate of drug-likeness (QED) is 0.595. The number of esters is 1. The first-order valence-corrected chi connectivity index (χ1v) is 6.46. The number of halogens is 1. The molecule has 0 saturated carbocycles. The average molecular weight is 286 g/mol. The molecule has 0 fully saturated rings. The molecule has 2 unspecified atom stereocenters. The average Bonchev–Trinajstić information content (AvgIpc) is 2.45. The summed E-state index contributed by atoms with van der Waals surface area (Å²) in [6, 6.07) is 7.55. The van der Waals surface area contributed by atoms with Crippen LogP contribution in [0.4, 0.5) is 0 Å². The SMILES string of the molecule is COC(=O)C(C)C(C)N(Cl)Cc1ccc(OC)cc1. The molecule has 0 spiro atoms. The van der Waals surface area contributed by atoms with Crippen molar-refractivity contribution in [3.8, 4) is 5.75 Å². The molecule has 0 amide bonds. The second-order valence-electron chi connectivity index (χ2n) is 4.46. The van der Waals surface area contributed by atoms with Crippen LogP contribution in [0.5, 0.6) is 5.75 Å². The molecular weight excluding hydrogens is 266 g/mol. The Morgan fingerprint density at radius 3 is 2.32 bits per heavy atom. The van der Waals surface area contributed by atoms with Crippen LogP contribution in [0.2, 0.25) is 0 Å². The fourth-order valence-corrected chi connectivity index (χ4v) is 1.98. The van der Waals surface area contributed by atoms with Gasteiger partial charge < -0.3 is 9.47 Å². The second-order valence-corrected chi connectivity index (χ2v) is 4.89. The Kier molecular flexibility index (Phi) is 6.12. The zero-order valence-corrected chi connectivity index (χ0v) is 12.5. The summed E-state index contributed by atoms with van der Waals surface area (Å²) in [4.78, 5) is 11.5. The molecule has 0 radical (unpaired) electrons. The molecule has 0 aliphatic heterocycles.